The molecule has 1 aromatic heterocycles. The highest BCUT2D eigenvalue weighted by Gasteiger charge is 2.30. The number of rotatable bonds is 3. The fourth-order valence-electron chi connectivity index (χ4n) is 2.66. The second kappa shape index (κ2) is 4.74. The minimum atomic E-state index is 0.120. The van der Waals surface area contributed by atoms with Crippen LogP contribution < -0.4 is 5.32 Å². The van der Waals surface area contributed by atoms with Crippen molar-refractivity contribution in [2.75, 3.05) is 26.2 Å². The molecule has 0 saturated carbocycles. The fraction of sp³-hybridized carbons (Fsp3) is 0.667. The van der Waals surface area contributed by atoms with Crippen LogP contribution in [-0.4, -0.2) is 42.0 Å². The van der Waals surface area contributed by atoms with E-state index in [-0.39, 0.29) is 5.91 Å². The summed E-state index contributed by atoms with van der Waals surface area (Å²) in [5.74, 6) is 1.66. The molecular formula is C12H17N3OS. The van der Waals surface area contributed by atoms with Crippen LogP contribution in [0.4, 0.5) is 0 Å². The highest BCUT2D eigenvalue weighted by atomic mass is 32.1. The largest absolute Gasteiger partial charge is 0.336 e. The molecule has 1 atom stereocenters. The maximum Gasteiger partial charge on any atom is 0.282 e. The number of thiazole rings is 1. The molecule has 0 aromatic carbocycles. The number of amides is 1. The first-order valence-electron chi connectivity index (χ1n) is 6.22. The summed E-state index contributed by atoms with van der Waals surface area (Å²) < 4.78 is 0. The molecule has 4 nitrogen and oxygen atoms in total. The van der Waals surface area contributed by atoms with Crippen molar-refractivity contribution in [1.29, 1.82) is 0 Å². The van der Waals surface area contributed by atoms with Gasteiger partial charge in [-0.2, -0.15) is 0 Å². The van der Waals surface area contributed by atoms with E-state index in [1.807, 2.05) is 10.3 Å². The molecule has 2 aliphatic heterocycles. The predicted octanol–water partition coefficient (Wildman–Crippen LogP) is 1.21. The lowest BCUT2D eigenvalue weighted by molar-refractivity contribution is 0.0784. The van der Waals surface area contributed by atoms with E-state index in [1.165, 1.54) is 17.8 Å². The highest BCUT2D eigenvalue weighted by molar-refractivity contribution is 7.11. The zero-order chi connectivity index (χ0) is 11.7. The Bertz CT molecular complexity index is 388. The van der Waals surface area contributed by atoms with Gasteiger partial charge >= 0.3 is 0 Å². The quantitative estimate of drug-likeness (QED) is 0.878. The maximum atomic E-state index is 12.1. The number of nitrogens with one attached hydrogen (secondary N) is 1. The van der Waals surface area contributed by atoms with Crippen LogP contribution in [0.5, 0.6) is 0 Å². The van der Waals surface area contributed by atoms with Crippen LogP contribution in [0.1, 0.15) is 22.6 Å². The average molecular weight is 251 g/mol. The Morgan fingerprint density at radius 3 is 3.06 bits per heavy atom. The first kappa shape index (κ1) is 11.2. The molecular weight excluding hydrogens is 234 g/mol. The third kappa shape index (κ3) is 2.35. The minimum Gasteiger partial charge on any atom is -0.336 e. The van der Waals surface area contributed by atoms with Gasteiger partial charge in [0, 0.05) is 24.7 Å². The number of likely N-dealkylation sites (tertiary alicyclic amines) is 1. The van der Waals surface area contributed by atoms with Crippen molar-refractivity contribution in [3.05, 3.63) is 16.6 Å². The van der Waals surface area contributed by atoms with Gasteiger partial charge < -0.3 is 10.2 Å². The molecule has 0 spiro atoms. The van der Waals surface area contributed by atoms with E-state index < -0.39 is 0 Å². The molecule has 0 bridgehead atoms. The van der Waals surface area contributed by atoms with E-state index in [0.29, 0.717) is 10.9 Å². The average Bonchev–Trinajstić information content (AvgIpc) is 2.94. The van der Waals surface area contributed by atoms with Crippen LogP contribution in [-0.2, 0) is 0 Å². The van der Waals surface area contributed by atoms with Gasteiger partial charge in [-0.25, -0.2) is 4.98 Å². The van der Waals surface area contributed by atoms with Crippen LogP contribution >= 0.6 is 11.3 Å². The lowest BCUT2D eigenvalue weighted by Gasteiger charge is -2.29. The van der Waals surface area contributed by atoms with Crippen molar-refractivity contribution >= 4 is 17.2 Å². The van der Waals surface area contributed by atoms with E-state index in [9.17, 15) is 4.79 Å². The molecule has 3 heterocycles. The van der Waals surface area contributed by atoms with Crippen LogP contribution in [0.25, 0.3) is 0 Å². The van der Waals surface area contributed by atoms with Gasteiger partial charge in [0.15, 0.2) is 5.01 Å². The van der Waals surface area contributed by atoms with Crippen LogP contribution in [0.3, 0.4) is 0 Å². The number of carbonyl (C=O) groups excluding carboxylic acids is 1. The van der Waals surface area contributed by atoms with E-state index in [0.717, 1.165) is 38.5 Å². The summed E-state index contributed by atoms with van der Waals surface area (Å²) in [5.41, 5.74) is 0. The van der Waals surface area contributed by atoms with Gasteiger partial charge in [-0.1, -0.05) is 0 Å². The van der Waals surface area contributed by atoms with Crippen molar-refractivity contribution in [3.8, 4) is 0 Å². The molecule has 1 aromatic rings. The summed E-state index contributed by atoms with van der Waals surface area (Å²) in [6, 6.07) is 0. The van der Waals surface area contributed by atoms with Gasteiger partial charge in [-0.3, -0.25) is 4.79 Å². The second-order valence-corrected chi connectivity index (χ2v) is 5.90. The lowest BCUT2D eigenvalue weighted by Crippen LogP contribution is -2.43. The third-order valence-corrected chi connectivity index (χ3v) is 4.48. The smallest absolute Gasteiger partial charge is 0.282 e. The Morgan fingerprint density at radius 1 is 1.53 bits per heavy atom. The monoisotopic (exact) mass is 251 g/mol. The summed E-state index contributed by atoms with van der Waals surface area (Å²) in [6.45, 7) is 4.16. The molecule has 0 unspecified atom stereocenters. The fourth-order valence-corrected chi connectivity index (χ4v) is 3.26. The minimum absolute atomic E-state index is 0.120. The molecule has 0 aliphatic carbocycles. The van der Waals surface area contributed by atoms with E-state index in [4.69, 9.17) is 0 Å². The van der Waals surface area contributed by atoms with Gasteiger partial charge in [-0.15, -0.1) is 11.3 Å². The Labute approximate surface area is 105 Å². The van der Waals surface area contributed by atoms with E-state index in [1.54, 1.807) is 6.20 Å². The third-order valence-electron chi connectivity index (χ3n) is 3.72. The standard InChI is InChI=1S/C12H17N3OS/c16-12(11-14-2-4-17-11)15-3-1-9(8-15)5-10-6-13-7-10/h2,4,9-10,13H,1,3,5-8H2/t9-/m1/s1. The number of nitrogens with zero attached hydrogens (tertiary/aromatic N) is 2. The molecule has 2 saturated heterocycles. The molecule has 0 radical (unpaired) electrons. The predicted molar refractivity (Wildman–Crippen MR) is 67.1 cm³/mol. The highest BCUT2D eigenvalue weighted by Crippen LogP contribution is 2.26. The molecule has 92 valence electrons. The number of hydrogen-bond donors (Lipinski definition) is 1. The Balaban J connectivity index is 1.54. The summed E-state index contributed by atoms with van der Waals surface area (Å²) in [6.07, 6.45) is 4.13. The normalized spacial score (nSPS) is 24.9. The zero-order valence-corrected chi connectivity index (χ0v) is 10.6. The van der Waals surface area contributed by atoms with Crippen LogP contribution in [0.15, 0.2) is 11.6 Å². The summed E-state index contributed by atoms with van der Waals surface area (Å²) in [5, 5.41) is 5.80. The molecule has 2 aliphatic rings. The molecule has 5 heteroatoms. The van der Waals surface area contributed by atoms with Crippen LogP contribution in [0, 0.1) is 11.8 Å². The van der Waals surface area contributed by atoms with E-state index in [2.05, 4.69) is 10.3 Å². The second-order valence-electron chi connectivity index (χ2n) is 5.00. The molecule has 3 rings (SSSR count). The number of aromatic nitrogens is 1. The number of carbonyl (C=O) groups is 1. The van der Waals surface area contributed by atoms with Gasteiger partial charge in [0.2, 0.25) is 0 Å². The van der Waals surface area contributed by atoms with Crippen LogP contribution in [0.2, 0.25) is 0 Å². The lowest BCUT2D eigenvalue weighted by atomic mass is 9.90. The van der Waals surface area contributed by atoms with E-state index >= 15 is 0 Å². The van der Waals surface area contributed by atoms with Crippen molar-refractivity contribution in [2.24, 2.45) is 11.8 Å². The topological polar surface area (TPSA) is 45.2 Å². The van der Waals surface area contributed by atoms with Gasteiger partial charge in [0.05, 0.1) is 0 Å². The zero-order valence-electron chi connectivity index (χ0n) is 9.76. The Hall–Kier alpha value is -0.940. The molecule has 1 amide bonds. The summed E-state index contributed by atoms with van der Waals surface area (Å²) in [7, 11) is 0. The van der Waals surface area contributed by atoms with Crippen molar-refractivity contribution < 1.29 is 4.79 Å². The first-order chi connectivity index (χ1) is 8.33. The Kier molecular flexibility index (Phi) is 3.11. The summed E-state index contributed by atoms with van der Waals surface area (Å²) >= 11 is 1.44. The number of hydrogen-bond acceptors (Lipinski definition) is 4. The molecule has 2 fully saturated rings. The first-order valence-corrected chi connectivity index (χ1v) is 7.10. The maximum absolute atomic E-state index is 12.1. The Morgan fingerprint density at radius 2 is 2.41 bits per heavy atom. The van der Waals surface area contributed by atoms with Crippen molar-refractivity contribution in [1.82, 2.24) is 15.2 Å². The van der Waals surface area contributed by atoms with Gasteiger partial charge in [0.1, 0.15) is 0 Å². The SMILES string of the molecule is O=C(c1nccs1)N1CC[C@H](CC2CNC2)C1. The van der Waals surface area contributed by atoms with Crippen molar-refractivity contribution in [2.45, 2.75) is 12.8 Å². The van der Waals surface area contributed by atoms with Crippen molar-refractivity contribution in [3.63, 3.8) is 0 Å². The van der Waals surface area contributed by atoms with Gasteiger partial charge in [0.25, 0.3) is 5.91 Å². The molecule has 1 N–H and O–H groups in total. The summed E-state index contributed by atoms with van der Waals surface area (Å²) in [4.78, 5) is 18.1. The molecule has 17 heavy (non-hydrogen) atoms. The van der Waals surface area contributed by atoms with Gasteiger partial charge in [-0.05, 0) is 37.8 Å².